The predicted octanol–water partition coefficient (Wildman–Crippen LogP) is 4.05. The Morgan fingerprint density at radius 3 is 2.68 bits per heavy atom. The molecule has 0 saturated heterocycles. The highest BCUT2D eigenvalue weighted by atomic mass is 15.2. The van der Waals surface area contributed by atoms with Gasteiger partial charge >= 0.3 is 0 Å². The van der Waals surface area contributed by atoms with Crippen molar-refractivity contribution < 1.29 is 0 Å². The quantitative estimate of drug-likeness (QED) is 0.763. The van der Waals surface area contributed by atoms with Crippen LogP contribution >= 0.6 is 0 Å². The number of nitrogens with two attached hydrogens (primary N) is 1. The molecule has 3 N–H and O–H groups in total. The molecule has 0 atom stereocenters. The molecule has 2 aromatic carbocycles. The van der Waals surface area contributed by atoms with Crippen molar-refractivity contribution in [3.05, 3.63) is 42.0 Å². The molecule has 1 aromatic heterocycles. The molecule has 0 fully saturated rings. The van der Waals surface area contributed by atoms with Crippen LogP contribution < -0.4 is 11.1 Å². The monoisotopic (exact) mass is 294 g/mol. The SMILES string of the molecule is CCCn1c(-c2c(C)ccc3ccccc23)nc(N)c1NC. The highest BCUT2D eigenvalue weighted by molar-refractivity contribution is 5.97. The van der Waals surface area contributed by atoms with Gasteiger partial charge in [0.2, 0.25) is 0 Å². The summed E-state index contributed by atoms with van der Waals surface area (Å²) in [7, 11) is 1.89. The summed E-state index contributed by atoms with van der Waals surface area (Å²) >= 11 is 0. The molecule has 0 amide bonds. The smallest absolute Gasteiger partial charge is 0.167 e. The average Bonchev–Trinajstić information content (AvgIpc) is 2.83. The van der Waals surface area contributed by atoms with Crippen molar-refractivity contribution in [2.75, 3.05) is 18.1 Å². The number of nitrogens with one attached hydrogen (secondary N) is 1. The minimum Gasteiger partial charge on any atom is -0.381 e. The molecule has 3 aromatic rings. The number of nitrogens with zero attached hydrogens (tertiary/aromatic N) is 2. The van der Waals surface area contributed by atoms with Gasteiger partial charge in [-0.2, -0.15) is 0 Å². The van der Waals surface area contributed by atoms with Gasteiger partial charge in [-0.25, -0.2) is 4.98 Å². The van der Waals surface area contributed by atoms with Crippen molar-refractivity contribution in [2.24, 2.45) is 0 Å². The maximum atomic E-state index is 6.12. The van der Waals surface area contributed by atoms with Gasteiger partial charge in [0.05, 0.1) is 0 Å². The first-order valence-corrected chi connectivity index (χ1v) is 7.69. The molecule has 4 heteroatoms. The van der Waals surface area contributed by atoms with Crippen molar-refractivity contribution in [1.29, 1.82) is 0 Å². The third kappa shape index (κ3) is 2.21. The second-order valence-electron chi connectivity index (χ2n) is 5.55. The van der Waals surface area contributed by atoms with Crippen molar-refractivity contribution in [1.82, 2.24) is 9.55 Å². The van der Waals surface area contributed by atoms with Crippen molar-refractivity contribution >= 4 is 22.4 Å². The summed E-state index contributed by atoms with van der Waals surface area (Å²) in [6, 6.07) is 12.7. The minimum atomic E-state index is 0.554. The number of imidazole rings is 1. The number of anilines is 2. The van der Waals surface area contributed by atoms with Gasteiger partial charge in [-0.1, -0.05) is 43.3 Å². The molecule has 1 heterocycles. The zero-order chi connectivity index (χ0) is 15.7. The standard InChI is InChI=1S/C18H22N4/c1-4-11-22-17(21-16(19)18(22)20-3)15-12(2)9-10-13-7-5-6-8-14(13)15/h5-10,20H,4,11,19H2,1-3H3. The van der Waals surface area contributed by atoms with Crippen LogP contribution in [0.1, 0.15) is 18.9 Å². The Hall–Kier alpha value is -2.49. The van der Waals surface area contributed by atoms with E-state index in [0.29, 0.717) is 5.82 Å². The van der Waals surface area contributed by atoms with Crippen LogP contribution in [0.3, 0.4) is 0 Å². The van der Waals surface area contributed by atoms with E-state index in [9.17, 15) is 0 Å². The van der Waals surface area contributed by atoms with Crippen molar-refractivity contribution in [3.8, 4) is 11.4 Å². The Bertz CT molecular complexity index is 817. The minimum absolute atomic E-state index is 0.554. The van der Waals surface area contributed by atoms with Gasteiger partial charge in [0.1, 0.15) is 5.82 Å². The van der Waals surface area contributed by atoms with Crippen LogP contribution in [0.4, 0.5) is 11.6 Å². The molecule has 0 unspecified atom stereocenters. The van der Waals surface area contributed by atoms with Crippen LogP contribution in [0.15, 0.2) is 36.4 Å². The number of nitrogen functional groups attached to an aromatic ring is 1. The largest absolute Gasteiger partial charge is 0.381 e. The Labute approximate surface area is 131 Å². The predicted molar refractivity (Wildman–Crippen MR) is 94.2 cm³/mol. The van der Waals surface area contributed by atoms with Crippen molar-refractivity contribution in [3.63, 3.8) is 0 Å². The second kappa shape index (κ2) is 5.72. The highest BCUT2D eigenvalue weighted by Crippen LogP contribution is 2.35. The Morgan fingerprint density at radius 2 is 1.95 bits per heavy atom. The molecule has 0 radical (unpaired) electrons. The summed E-state index contributed by atoms with van der Waals surface area (Å²) < 4.78 is 2.18. The number of aryl methyl sites for hydroxylation is 1. The topological polar surface area (TPSA) is 55.9 Å². The van der Waals surface area contributed by atoms with Gasteiger partial charge in [-0.15, -0.1) is 0 Å². The summed E-state index contributed by atoms with van der Waals surface area (Å²) in [5.74, 6) is 2.39. The Kier molecular flexibility index (Phi) is 3.75. The maximum absolute atomic E-state index is 6.12. The molecule has 0 aliphatic heterocycles. The Balaban J connectivity index is 2.34. The summed E-state index contributed by atoms with van der Waals surface area (Å²) in [5.41, 5.74) is 8.50. The van der Waals surface area contributed by atoms with Crippen LogP contribution in [0.25, 0.3) is 22.2 Å². The molecular formula is C18H22N4. The van der Waals surface area contributed by atoms with E-state index in [4.69, 9.17) is 5.73 Å². The average molecular weight is 294 g/mol. The molecular weight excluding hydrogens is 272 g/mol. The molecule has 22 heavy (non-hydrogen) atoms. The number of fused-ring (bicyclic) bond motifs is 1. The van der Waals surface area contributed by atoms with Crippen LogP contribution in [0, 0.1) is 6.92 Å². The van der Waals surface area contributed by atoms with Crippen LogP contribution in [0.5, 0.6) is 0 Å². The molecule has 3 rings (SSSR count). The van der Waals surface area contributed by atoms with Gasteiger partial charge in [-0.3, -0.25) is 0 Å². The van der Waals surface area contributed by atoms with Gasteiger partial charge in [-0.05, 0) is 29.7 Å². The van der Waals surface area contributed by atoms with Gasteiger partial charge in [0.25, 0.3) is 0 Å². The first-order valence-electron chi connectivity index (χ1n) is 7.69. The number of hydrogen-bond acceptors (Lipinski definition) is 3. The van der Waals surface area contributed by atoms with Crippen LogP contribution in [0.2, 0.25) is 0 Å². The van der Waals surface area contributed by atoms with E-state index in [1.165, 1.54) is 21.9 Å². The first kappa shape index (κ1) is 14.4. The molecule has 0 saturated carbocycles. The molecule has 0 bridgehead atoms. The second-order valence-corrected chi connectivity index (χ2v) is 5.55. The van der Waals surface area contributed by atoms with E-state index in [2.05, 4.69) is 65.1 Å². The van der Waals surface area contributed by atoms with Crippen molar-refractivity contribution in [2.45, 2.75) is 26.8 Å². The van der Waals surface area contributed by atoms with E-state index < -0.39 is 0 Å². The maximum Gasteiger partial charge on any atom is 0.167 e. The van der Waals surface area contributed by atoms with E-state index >= 15 is 0 Å². The zero-order valence-corrected chi connectivity index (χ0v) is 13.4. The Morgan fingerprint density at radius 1 is 1.18 bits per heavy atom. The summed E-state index contributed by atoms with van der Waals surface area (Å²) in [5, 5.41) is 5.62. The fraction of sp³-hybridized carbons (Fsp3) is 0.278. The lowest BCUT2D eigenvalue weighted by Crippen LogP contribution is -2.06. The molecule has 0 aliphatic carbocycles. The lowest BCUT2D eigenvalue weighted by molar-refractivity contribution is 0.691. The lowest BCUT2D eigenvalue weighted by Gasteiger charge is -2.14. The molecule has 114 valence electrons. The van der Waals surface area contributed by atoms with Gasteiger partial charge < -0.3 is 15.6 Å². The third-order valence-electron chi connectivity index (χ3n) is 4.04. The van der Waals surface area contributed by atoms with Gasteiger partial charge in [0.15, 0.2) is 11.6 Å². The van der Waals surface area contributed by atoms with Gasteiger partial charge in [0, 0.05) is 19.2 Å². The number of aromatic nitrogens is 2. The molecule has 4 nitrogen and oxygen atoms in total. The van der Waals surface area contributed by atoms with Crippen LogP contribution in [-0.4, -0.2) is 16.6 Å². The first-order chi connectivity index (χ1) is 10.7. The number of rotatable bonds is 4. The van der Waals surface area contributed by atoms with E-state index in [1.54, 1.807) is 0 Å². The van der Waals surface area contributed by atoms with E-state index in [0.717, 1.165) is 24.6 Å². The van der Waals surface area contributed by atoms with E-state index in [-0.39, 0.29) is 0 Å². The normalized spacial score (nSPS) is 11.0. The number of hydrogen-bond donors (Lipinski definition) is 2. The summed E-state index contributed by atoms with van der Waals surface area (Å²) in [6.45, 7) is 5.18. The summed E-state index contributed by atoms with van der Waals surface area (Å²) in [4.78, 5) is 4.66. The van der Waals surface area contributed by atoms with Crippen LogP contribution in [-0.2, 0) is 6.54 Å². The zero-order valence-electron chi connectivity index (χ0n) is 13.4. The summed E-state index contributed by atoms with van der Waals surface area (Å²) in [6.07, 6.45) is 1.03. The third-order valence-corrected chi connectivity index (χ3v) is 4.04. The molecule has 0 aliphatic rings. The fourth-order valence-corrected chi connectivity index (χ4v) is 3.04. The number of benzene rings is 2. The fourth-order valence-electron chi connectivity index (χ4n) is 3.04. The van der Waals surface area contributed by atoms with E-state index in [1.807, 2.05) is 7.05 Å². The molecule has 0 spiro atoms. The lowest BCUT2D eigenvalue weighted by atomic mass is 9.99. The highest BCUT2D eigenvalue weighted by Gasteiger charge is 2.18.